The van der Waals surface area contributed by atoms with Crippen LogP contribution in [0.1, 0.15) is 30.4 Å². The van der Waals surface area contributed by atoms with Crippen molar-refractivity contribution in [2.75, 3.05) is 20.3 Å². The molecule has 6 heteroatoms. The van der Waals surface area contributed by atoms with Crippen LogP contribution in [-0.4, -0.2) is 41.9 Å². The predicted octanol–water partition coefficient (Wildman–Crippen LogP) is 1.57. The summed E-state index contributed by atoms with van der Waals surface area (Å²) >= 11 is 3.36. The zero-order valence-electron chi connectivity index (χ0n) is 10.8. The highest BCUT2D eigenvalue weighted by Gasteiger charge is 2.18. The Balaban J connectivity index is 2.83. The molecule has 1 unspecified atom stereocenters. The van der Waals surface area contributed by atoms with Crippen LogP contribution in [0.25, 0.3) is 0 Å². The molecule has 0 bridgehead atoms. The first kappa shape index (κ1) is 15.2. The number of rotatable bonds is 6. The smallest absolute Gasteiger partial charge is 0.268 e. The third-order valence-corrected chi connectivity index (χ3v) is 2.96. The summed E-state index contributed by atoms with van der Waals surface area (Å²) in [5.41, 5.74) is 0.562. The first-order chi connectivity index (χ1) is 8.49. The fourth-order valence-corrected chi connectivity index (χ4v) is 2.09. The summed E-state index contributed by atoms with van der Waals surface area (Å²) in [6, 6.07) is 1.56. The van der Waals surface area contributed by atoms with E-state index in [1.807, 2.05) is 24.6 Å². The average molecular weight is 319 g/mol. The molecule has 1 atom stereocenters. The van der Waals surface area contributed by atoms with Crippen molar-refractivity contribution in [3.8, 4) is 0 Å². The predicted molar refractivity (Wildman–Crippen MR) is 72.7 cm³/mol. The molecule has 0 saturated carbocycles. The zero-order chi connectivity index (χ0) is 13.7. The lowest BCUT2D eigenvalue weighted by Gasteiger charge is -2.17. The molecule has 0 aliphatic carbocycles. The van der Waals surface area contributed by atoms with Crippen LogP contribution in [0.2, 0.25) is 0 Å². The van der Waals surface area contributed by atoms with E-state index in [1.165, 1.54) is 7.11 Å². The normalized spacial score (nSPS) is 12.8. The van der Waals surface area contributed by atoms with Crippen molar-refractivity contribution in [1.29, 1.82) is 0 Å². The van der Waals surface area contributed by atoms with Gasteiger partial charge in [-0.25, -0.2) is 0 Å². The number of carbonyl (C=O) groups is 1. The monoisotopic (exact) mass is 318 g/mol. The molecular weight excluding hydrogens is 300 g/mol. The Morgan fingerprint density at radius 2 is 2.28 bits per heavy atom. The molecule has 0 aromatic carbocycles. The Hall–Kier alpha value is -0.850. The molecular formula is C12H19BrN2O3. The van der Waals surface area contributed by atoms with Crippen molar-refractivity contribution in [1.82, 2.24) is 9.88 Å². The van der Waals surface area contributed by atoms with Crippen molar-refractivity contribution in [3.63, 3.8) is 0 Å². The fourth-order valence-electron chi connectivity index (χ4n) is 1.66. The van der Waals surface area contributed by atoms with Gasteiger partial charge in [-0.15, -0.1) is 0 Å². The fraction of sp³-hybridized carbons (Fsp3) is 0.583. The highest BCUT2D eigenvalue weighted by molar-refractivity contribution is 9.10. The first-order valence-electron chi connectivity index (χ1n) is 5.77. The van der Waals surface area contributed by atoms with Gasteiger partial charge in [-0.1, -0.05) is 0 Å². The minimum atomic E-state index is -0.392. The molecule has 102 valence electrons. The number of nitrogens with zero attached hydrogens (tertiary/aromatic N) is 1. The van der Waals surface area contributed by atoms with Crippen LogP contribution in [0.3, 0.4) is 0 Å². The van der Waals surface area contributed by atoms with Crippen molar-refractivity contribution in [2.24, 2.45) is 0 Å². The molecule has 0 aliphatic heterocycles. The molecule has 1 aromatic heterocycles. The Morgan fingerprint density at radius 1 is 1.61 bits per heavy atom. The molecule has 0 spiro atoms. The van der Waals surface area contributed by atoms with E-state index >= 15 is 0 Å². The van der Waals surface area contributed by atoms with E-state index in [1.54, 1.807) is 6.07 Å². The standard InChI is InChI=1S/C12H19BrN2O3/c1-8(2)15-5-9(13)4-11(15)12(17)14-10(6-16)7-18-3/h4-5,8,10,16H,6-7H2,1-3H3,(H,14,17). The summed E-state index contributed by atoms with van der Waals surface area (Å²) in [5, 5.41) is 11.9. The minimum Gasteiger partial charge on any atom is -0.394 e. The molecule has 1 heterocycles. The van der Waals surface area contributed by atoms with Gasteiger partial charge in [-0.2, -0.15) is 0 Å². The molecule has 1 amide bonds. The van der Waals surface area contributed by atoms with Crippen molar-refractivity contribution in [3.05, 3.63) is 22.4 Å². The maximum Gasteiger partial charge on any atom is 0.268 e. The number of halogens is 1. The lowest BCUT2D eigenvalue weighted by molar-refractivity contribution is 0.0830. The van der Waals surface area contributed by atoms with E-state index in [9.17, 15) is 4.79 Å². The van der Waals surface area contributed by atoms with Crippen LogP contribution in [-0.2, 0) is 4.74 Å². The van der Waals surface area contributed by atoms with Gasteiger partial charge in [-0.05, 0) is 35.8 Å². The Morgan fingerprint density at radius 3 is 2.78 bits per heavy atom. The van der Waals surface area contributed by atoms with Crippen LogP contribution >= 0.6 is 15.9 Å². The van der Waals surface area contributed by atoms with Crippen LogP contribution in [0, 0.1) is 0 Å². The zero-order valence-corrected chi connectivity index (χ0v) is 12.4. The highest BCUT2D eigenvalue weighted by atomic mass is 79.9. The van der Waals surface area contributed by atoms with E-state index in [4.69, 9.17) is 9.84 Å². The summed E-state index contributed by atoms with van der Waals surface area (Å²) in [5.74, 6) is -0.217. The maximum absolute atomic E-state index is 12.1. The lowest BCUT2D eigenvalue weighted by Crippen LogP contribution is -2.41. The molecule has 2 N–H and O–H groups in total. The Kier molecular flexibility index (Phi) is 5.84. The number of nitrogens with one attached hydrogen (secondary N) is 1. The van der Waals surface area contributed by atoms with E-state index in [-0.39, 0.29) is 25.2 Å². The second-order valence-corrected chi connectivity index (χ2v) is 5.27. The largest absolute Gasteiger partial charge is 0.394 e. The summed E-state index contributed by atoms with van der Waals surface area (Å²) in [6.45, 7) is 4.14. The van der Waals surface area contributed by atoms with Gasteiger partial charge in [-0.3, -0.25) is 4.79 Å². The first-order valence-corrected chi connectivity index (χ1v) is 6.57. The number of hydrogen-bond acceptors (Lipinski definition) is 3. The van der Waals surface area contributed by atoms with Gasteiger partial charge in [0.2, 0.25) is 0 Å². The van der Waals surface area contributed by atoms with E-state index in [2.05, 4.69) is 21.2 Å². The van der Waals surface area contributed by atoms with E-state index in [0.717, 1.165) is 4.47 Å². The van der Waals surface area contributed by atoms with Gasteiger partial charge in [0.1, 0.15) is 5.69 Å². The van der Waals surface area contributed by atoms with Crippen LogP contribution in [0.5, 0.6) is 0 Å². The molecule has 1 aromatic rings. The maximum atomic E-state index is 12.1. The number of ether oxygens (including phenoxy) is 1. The molecule has 18 heavy (non-hydrogen) atoms. The number of aliphatic hydroxyl groups is 1. The molecule has 5 nitrogen and oxygen atoms in total. The van der Waals surface area contributed by atoms with E-state index in [0.29, 0.717) is 5.69 Å². The van der Waals surface area contributed by atoms with Crippen LogP contribution in [0.15, 0.2) is 16.7 Å². The second kappa shape index (κ2) is 6.92. The van der Waals surface area contributed by atoms with Gasteiger partial charge in [0, 0.05) is 23.8 Å². The third kappa shape index (κ3) is 3.83. The van der Waals surface area contributed by atoms with Crippen LogP contribution in [0.4, 0.5) is 0 Å². The quantitative estimate of drug-likeness (QED) is 0.836. The molecule has 0 fully saturated rings. The number of hydrogen-bond donors (Lipinski definition) is 2. The van der Waals surface area contributed by atoms with Gasteiger partial charge in [0.15, 0.2) is 0 Å². The summed E-state index contributed by atoms with van der Waals surface area (Å²) in [7, 11) is 1.53. The third-order valence-electron chi connectivity index (χ3n) is 2.53. The second-order valence-electron chi connectivity index (χ2n) is 4.35. The Labute approximate surface area is 115 Å². The van der Waals surface area contributed by atoms with Crippen molar-refractivity contribution in [2.45, 2.75) is 25.9 Å². The highest BCUT2D eigenvalue weighted by Crippen LogP contribution is 2.19. The van der Waals surface area contributed by atoms with Crippen molar-refractivity contribution < 1.29 is 14.6 Å². The summed E-state index contributed by atoms with van der Waals surface area (Å²) in [4.78, 5) is 12.1. The molecule has 1 rings (SSSR count). The lowest BCUT2D eigenvalue weighted by atomic mass is 10.3. The number of amides is 1. The van der Waals surface area contributed by atoms with Gasteiger partial charge < -0.3 is 19.7 Å². The van der Waals surface area contributed by atoms with Crippen molar-refractivity contribution >= 4 is 21.8 Å². The van der Waals surface area contributed by atoms with E-state index < -0.39 is 6.04 Å². The molecule has 0 saturated heterocycles. The topological polar surface area (TPSA) is 63.5 Å². The van der Waals surface area contributed by atoms with Gasteiger partial charge in [0.05, 0.1) is 19.3 Å². The van der Waals surface area contributed by atoms with Gasteiger partial charge in [0.25, 0.3) is 5.91 Å². The Bertz CT molecular complexity index is 404. The average Bonchev–Trinajstić information content (AvgIpc) is 2.71. The summed E-state index contributed by atoms with van der Waals surface area (Å²) < 4.78 is 7.65. The molecule has 0 radical (unpaired) electrons. The number of carbonyl (C=O) groups excluding carboxylic acids is 1. The minimum absolute atomic E-state index is 0.150. The number of aromatic nitrogens is 1. The van der Waals surface area contributed by atoms with Crippen LogP contribution < -0.4 is 5.32 Å². The number of aliphatic hydroxyl groups excluding tert-OH is 1. The summed E-state index contributed by atoms with van der Waals surface area (Å²) in [6.07, 6.45) is 1.86. The number of methoxy groups -OCH3 is 1. The SMILES string of the molecule is COCC(CO)NC(=O)c1cc(Br)cn1C(C)C. The molecule has 0 aliphatic rings. The van der Waals surface area contributed by atoms with Gasteiger partial charge >= 0.3 is 0 Å².